The molecule has 0 saturated carbocycles. The van der Waals surface area contributed by atoms with Gasteiger partial charge in [0, 0.05) is 31.0 Å². The zero-order chi connectivity index (χ0) is 15.5. The first-order valence-corrected chi connectivity index (χ1v) is 7.56. The molecule has 2 heterocycles. The molecule has 0 aliphatic carbocycles. The molecule has 1 aliphatic heterocycles. The molecule has 0 radical (unpaired) electrons. The van der Waals surface area contributed by atoms with Crippen LogP contribution in [0.4, 0.5) is 0 Å². The molecule has 3 rings (SSSR count). The molecule has 1 aliphatic rings. The smallest absolute Gasteiger partial charge is 0.254 e. The summed E-state index contributed by atoms with van der Waals surface area (Å²) in [5.74, 6) is 0.967. The number of carbonyl (C=O) groups excluding carboxylic acids is 1. The number of carbonyl (C=O) groups is 1. The fourth-order valence-corrected chi connectivity index (χ4v) is 3.01. The molecular formula is C17H18N4O. The molecule has 0 bridgehead atoms. The Bertz CT molecular complexity index is 711. The Morgan fingerprint density at radius 1 is 1.36 bits per heavy atom. The van der Waals surface area contributed by atoms with Crippen LogP contribution in [0.15, 0.2) is 36.7 Å². The Labute approximate surface area is 129 Å². The van der Waals surface area contributed by atoms with Crippen LogP contribution in [-0.4, -0.2) is 26.9 Å². The van der Waals surface area contributed by atoms with E-state index in [1.165, 1.54) is 0 Å². The maximum atomic E-state index is 12.9. The van der Waals surface area contributed by atoms with Crippen LogP contribution in [0.25, 0.3) is 0 Å². The quantitative estimate of drug-likeness (QED) is 0.855. The standard InChI is InChI=1S/C17H18N4O/c1-2-15-16-19-8-11-20(16)9-3-10-21(15)17(22)14-6-4-13(12-18)5-7-14/h4-8,11,15H,2-3,9-10H2,1H3. The van der Waals surface area contributed by atoms with Gasteiger partial charge >= 0.3 is 0 Å². The highest BCUT2D eigenvalue weighted by Gasteiger charge is 2.29. The fourth-order valence-electron chi connectivity index (χ4n) is 3.01. The van der Waals surface area contributed by atoms with E-state index in [9.17, 15) is 4.79 Å². The number of benzene rings is 1. The van der Waals surface area contributed by atoms with Gasteiger partial charge in [-0.1, -0.05) is 6.92 Å². The molecule has 22 heavy (non-hydrogen) atoms. The first kappa shape index (κ1) is 14.3. The number of nitrogens with zero attached hydrogens (tertiary/aromatic N) is 4. The van der Waals surface area contributed by atoms with Crippen molar-refractivity contribution in [1.82, 2.24) is 14.5 Å². The van der Waals surface area contributed by atoms with E-state index >= 15 is 0 Å². The van der Waals surface area contributed by atoms with Crippen LogP contribution in [0.2, 0.25) is 0 Å². The summed E-state index contributed by atoms with van der Waals surface area (Å²) in [4.78, 5) is 19.2. The van der Waals surface area contributed by atoms with E-state index in [1.807, 2.05) is 11.1 Å². The molecule has 5 heteroatoms. The zero-order valence-electron chi connectivity index (χ0n) is 12.6. The van der Waals surface area contributed by atoms with Gasteiger partial charge in [0.05, 0.1) is 17.7 Å². The average Bonchev–Trinajstić information content (AvgIpc) is 2.95. The third-order valence-electron chi connectivity index (χ3n) is 4.13. The maximum Gasteiger partial charge on any atom is 0.254 e. The normalized spacial score (nSPS) is 17.5. The lowest BCUT2D eigenvalue weighted by atomic mass is 10.1. The lowest BCUT2D eigenvalue weighted by molar-refractivity contribution is 0.0670. The molecular weight excluding hydrogens is 276 g/mol. The number of amides is 1. The van der Waals surface area contributed by atoms with Gasteiger partial charge < -0.3 is 9.47 Å². The number of imidazole rings is 1. The molecule has 0 spiro atoms. The van der Waals surface area contributed by atoms with Gasteiger partial charge in [-0.3, -0.25) is 4.79 Å². The number of nitriles is 1. The summed E-state index contributed by atoms with van der Waals surface area (Å²) in [6, 6.07) is 8.90. The molecule has 0 fully saturated rings. The van der Waals surface area contributed by atoms with Crippen molar-refractivity contribution in [2.24, 2.45) is 0 Å². The van der Waals surface area contributed by atoms with Crippen LogP contribution in [0, 0.1) is 11.3 Å². The van der Waals surface area contributed by atoms with E-state index in [2.05, 4.69) is 22.5 Å². The minimum Gasteiger partial charge on any atom is -0.333 e. The Hall–Kier alpha value is -2.61. The van der Waals surface area contributed by atoms with Crippen molar-refractivity contribution in [3.8, 4) is 6.07 Å². The van der Waals surface area contributed by atoms with Crippen molar-refractivity contribution < 1.29 is 4.79 Å². The Morgan fingerprint density at radius 3 is 2.82 bits per heavy atom. The highest BCUT2D eigenvalue weighted by atomic mass is 16.2. The number of fused-ring (bicyclic) bond motifs is 1. The Morgan fingerprint density at radius 2 is 2.14 bits per heavy atom. The number of hydrogen-bond acceptors (Lipinski definition) is 3. The molecule has 1 aromatic carbocycles. The second-order valence-corrected chi connectivity index (χ2v) is 5.44. The predicted molar refractivity (Wildman–Crippen MR) is 82.1 cm³/mol. The molecule has 1 aromatic heterocycles. The van der Waals surface area contributed by atoms with E-state index < -0.39 is 0 Å². The summed E-state index contributed by atoms with van der Waals surface area (Å²) >= 11 is 0. The van der Waals surface area contributed by atoms with Gasteiger partial charge in [0.15, 0.2) is 0 Å². The maximum absolute atomic E-state index is 12.9. The van der Waals surface area contributed by atoms with Gasteiger partial charge in [-0.05, 0) is 37.1 Å². The van der Waals surface area contributed by atoms with Crippen LogP contribution < -0.4 is 0 Å². The molecule has 2 aromatic rings. The highest BCUT2D eigenvalue weighted by Crippen LogP contribution is 2.28. The summed E-state index contributed by atoms with van der Waals surface area (Å²) in [5.41, 5.74) is 1.19. The summed E-state index contributed by atoms with van der Waals surface area (Å²) in [6.07, 6.45) is 5.53. The Balaban J connectivity index is 1.92. The lowest BCUT2D eigenvalue weighted by Crippen LogP contribution is -2.35. The van der Waals surface area contributed by atoms with Crippen molar-refractivity contribution in [2.75, 3.05) is 6.54 Å². The minimum absolute atomic E-state index is 0.000596. The molecule has 112 valence electrons. The fraction of sp³-hybridized carbons (Fsp3) is 0.353. The predicted octanol–water partition coefficient (Wildman–Crippen LogP) is 2.75. The van der Waals surface area contributed by atoms with E-state index in [0.29, 0.717) is 11.1 Å². The molecule has 1 atom stereocenters. The second-order valence-electron chi connectivity index (χ2n) is 5.44. The summed E-state index contributed by atoms with van der Waals surface area (Å²) in [6.45, 7) is 3.69. The third-order valence-corrected chi connectivity index (χ3v) is 4.13. The summed E-state index contributed by atoms with van der Waals surface area (Å²) in [5, 5.41) is 8.86. The number of hydrogen-bond donors (Lipinski definition) is 0. The van der Waals surface area contributed by atoms with Crippen LogP contribution >= 0.6 is 0 Å². The van der Waals surface area contributed by atoms with Crippen molar-refractivity contribution in [1.29, 1.82) is 5.26 Å². The lowest BCUT2D eigenvalue weighted by Gasteiger charge is -2.28. The SMILES string of the molecule is CCC1c2nccn2CCCN1C(=O)c1ccc(C#N)cc1. The van der Waals surface area contributed by atoms with Crippen LogP contribution in [0.1, 0.15) is 47.6 Å². The van der Waals surface area contributed by atoms with Gasteiger partial charge in [0.2, 0.25) is 0 Å². The van der Waals surface area contributed by atoms with Gasteiger partial charge in [-0.2, -0.15) is 5.26 Å². The summed E-state index contributed by atoms with van der Waals surface area (Å²) in [7, 11) is 0. The monoisotopic (exact) mass is 294 g/mol. The number of aryl methyl sites for hydroxylation is 1. The average molecular weight is 294 g/mol. The minimum atomic E-state index is 0.000596. The Kier molecular flexibility index (Phi) is 3.92. The van der Waals surface area contributed by atoms with Crippen molar-refractivity contribution >= 4 is 5.91 Å². The molecule has 1 amide bonds. The van der Waals surface area contributed by atoms with Crippen molar-refractivity contribution in [3.63, 3.8) is 0 Å². The van der Waals surface area contributed by atoms with Crippen LogP contribution in [0.5, 0.6) is 0 Å². The van der Waals surface area contributed by atoms with E-state index in [-0.39, 0.29) is 11.9 Å². The highest BCUT2D eigenvalue weighted by molar-refractivity contribution is 5.94. The number of aromatic nitrogens is 2. The molecule has 0 saturated heterocycles. The van der Waals surface area contributed by atoms with E-state index in [1.54, 1.807) is 30.5 Å². The first-order valence-electron chi connectivity index (χ1n) is 7.56. The van der Waals surface area contributed by atoms with Gasteiger partial charge in [0.25, 0.3) is 5.91 Å². The summed E-state index contributed by atoms with van der Waals surface area (Å²) < 4.78 is 2.14. The van der Waals surface area contributed by atoms with E-state index in [4.69, 9.17) is 5.26 Å². The first-order chi connectivity index (χ1) is 10.7. The zero-order valence-corrected chi connectivity index (χ0v) is 12.6. The van der Waals surface area contributed by atoms with Crippen LogP contribution in [-0.2, 0) is 6.54 Å². The van der Waals surface area contributed by atoms with Crippen molar-refractivity contribution in [3.05, 3.63) is 53.6 Å². The van der Waals surface area contributed by atoms with Crippen molar-refractivity contribution in [2.45, 2.75) is 32.4 Å². The third kappa shape index (κ3) is 2.48. The molecule has 0 N–H and O–H groups in total. The largest absolute Gasteiger partial charge is 0.333 e. The van der Waals surface area contributed by atoms with Gasteiger partial charge in [-0.15, -0.1) is 0 Å². The molecule has 5 nitrogen and oxygen atoms in total. The second kappa shape index (κ2) is 6.02. The molecule has 1 unspecified atom stereocenters. The van der Waals surface area contributed by atoms with E-state index in [0.717, 1.165) is 31.8 Å². The number of rotatable bonds is 2. The van der Waals surface area contributed by atoms with Crippen LogP contribution in [0.3, 0.4) is 0 Å². The van der Waals surface area contributed by atoms with Gasteiger partial charge in [0.1, 0.15) is 5.82 Å². The topological polar surface area (TPSA) is 61.9 Å². The van der Waals surface area contributed by atoms with Gasteiger partial charge in [-0.25, -0.2) is 4.98 Å².